The van der Waals surface area contributed by atoms with Crippen LogP contribution in [0.25, 0.3) is 11.3 Å². The van der Waals surface area contributed by atoms with Gasteiger partial charge in [-0.05, 0) is 41.6 Å². The minimum absolute atomic E-state index is 0.102. The number of benzene rings is 1. The largest absolute Gasteiger partial charge is 0.497 e. The summed E-state index contributed by atoms with van der Waals surface area (Å²) in [5.41, 5.74) is 0.843. The Labute approximate surface area is 125 Å². The molecule has 7 heteroatoms. The molecule has 22 heavy (non-hydrogen) atoms. The second-order valence-electron chi connectivity index (χ2n) is 4.48. The van der Waals surface area contributed by atoms with E-state index in [1.807, 2.05) is 24.3 Å². The fourth-order valence-corrected chi connectivity index (χ4v) is 1.88. The first-order valence-corrected chi connectivity index (χ1v) is 6.51. The molecule has 0 radical (unpaired) electrons. The van der Waals surface area contributed by atoms with E-state index in [1.54, 1.807) is 26.2 Å². The summed E-state index contributed by atoms with van der Waals surface area (Å²) in [6.45, 7) is 1.64. The lowest BCUT2D eigenvalue weighted by atomic mass is 10.2. The number of aryl methyl sites for hydroxylation is 1. The molecule has 0 atom stereocenters. The van der Waals surface area contributed by atoms with Crippen LogP contribution in [0.5, 0.6) is 5.75 Å². The molecule has 0 spiro atoms. The van der Waals surface area contributed by atoms with Crippen LogP contribution in [0.2, 0.25) is 0 Å². The summed E-state index contributed by atoms with van der Waals surface area (Å²) in [5.74, 6) is 1.52. The summed E-state index contributed by atoms with van der Waals surface area (Å²) in [6, 6.07) is 10.6. The van der Waals surface area contributed by atoms with Crippen molar-refractivity contribution in [3.8, 4) is 17.1 Å². The van der Waals surface area contributed by atoms with Gasteiger partial charge in [0.15, 0.2) is 5.76 Å². The number of carbonyl (C=O) groups is 1. The molecule has 0 fully saturated rings. The summed E-state index contributed by atoms with van der Waals surface area (Å²) in [4.78, 5) is 15.9. The molecule has 0 saturated carbocycles. The maximum Gasteiger partial charge on any atom is 0.293 e. The van der Waals surface area contributed by atoms with Crippen molar-refractivity contribution in [3.63, 3.8) is 0 Å². The second-order valence-corrected chi connectivity index (χ2v) is 4.48. The zero-order chi connectivity index (χ0) is 15.5. The average Bonchev–Trinajstić information content (AvgIpc) is 3.17. The van der Waals surface area contributed by atoms with Crippen molar-refractivity contribution < 1.29 is 18.5 Å². The van der Waals surface area contributed by atoms with Crippen molar-refractivity contribution in [2.24, 2.45) is 0 Å². The number of amides is 1. The van der Waals surface area contributed by atoms with Crippen LogP contribution < -0.4 is 10.1 Å². The van der Waals surface area contributed by atoms with Crippen molar-refractivity contribution in [3.05, 3.63) is 48.0 Å². The lowest BCUT2D eigenvalue weighted by Gasteiger charge is -2.01. The fourth-order valence-electron chi connectivity index (χ4n) is 1.88. The number of aromatic nitrogens is 2. The van der Waals surface area contributed by atoms with Gasteiger partial charge in [0.25, 0.3) is 11.9 Å². The average molecular weight is 299 g/mol. The Bertz CT molecular complexity index is 789. The van der Waals surface area contributed by atoms with E-state index in [9.17, 15) is 4.79 Å². The van der Waals surface area contributed by atoms with Gasteiger partial charge in [0.2, 0.25) is 5.89 Å². The van der Waals surface area contributed by atoms with E-state index in [1.165, 1.54) is 0 Å². The smallest absolute Gasteiger partial charge is 0.293 e. The number of carbonyl (C=O) groups excluding carboxylic acids is 1. The molecule has 3 rings (SSSR count). The minimum Gasteiger partial charge on any atom is -0.497 e. The molecule has 1 amide bonds. The topological polar surface area (TPSA) is 90.4 Å². The third-order valence-electron chi connectivity index (χ3n) is 2.96. The van der Waals surface area contributed by atoms with Crippen LogP contribution in [-0.4, -0.2) is 23.2 Å². The molecule has 1 aromatic carbocycles. The molecule has 1 N–H and O–H groups in total. The molecule has 2 aromatic heterocycles. The Morgan fingerprint density at radius 1 is 1.18 bits per heavy atom. The molecule has 0 aliphatic rings. The molecule has 112 valence electrons. The summed E-state index contributed by atoms with van der Waals surface area (Å²) in [5, 5.41) is 6.09. The number of anilines is 1. The molecule has 3 aromatic rings. The third-order valence-corrected chi connectivity index (χ3v) is 2.96. The fraction of sp³-hybridized carbons (Fsp3) is 0.133. The number of nitrogens with one attached hydrogen (secondary N) is 1. The molecule has 0 aliphatic carbocycles. The van der Waals surface area contributed by atoms with E-state index in [4.69, 9.17) is 13.7 Å². The second kappa shape index (κ2) is 5.72. The zero-order valence-electron chi connectivity index (χ0n) is 12.0. The van der Waals surface area contributed by atoms with Gasteiger partial charge in [-0.2, -0.15) is 4.98 Å². The van der Waals surface area contributed by atoms with Gasteiger partial charge >= 0.3 is 0 Å². The van der Waals surface area contributed by atoms with Crippen LogP contribution in [0.4, 0.5) is 5.95 Å². The van der Waals surface area contributed by atoms with Crippen LogP contribution in [-0.2, 0) is 0 Å². The zero-order valence-corrected chi connectivity index (χ0v) is 12.0. The normalized spacial score (nSPS) is 10.5. The minimum atomic E-state index is -0.444. The highest BCUT2D eigenvalue weighted by Crippen LogP contribution is 2.24. The highest BCUT2D eigenvalue weighted by Gasteiger charge is 2.15. The SMILES string of the molecule is COc1ccc(-c2ccc(C(=O)Nc3noc(C)n3)o2)cc1. The van der Waals surface area contributed by atoms with Crippen LogP contribution >= 0.6 is 0 Å². The lowest BCUT2D eigenvalue weighted by Crippen LogP contribution is -2.11. The standard InChI is InChI=1S/C15H13N3O4/c1-9-16-15(18-22-9)17-14(19)13-8-7-12(21-13)10-3-5-11(20-2)6-4-10/h3-8H,1-2H3,(H,17,18,19). The third kappa shape index (κ3) is 2.83. The van der Waals surface area contributed by atoms with Gasteiger partial charge in [-0.15, -0.1) is 0 Å². The van der Waals surface area contributed by atoms with Crippen molar-refractivity contribution >= 4 is 11.9 Å². The Hall–Kier alpha value is -3.09. The van der Waals surface area contributed by atoms with E-state index in [2.05, 4.69) is 15.5 Å². The highest BCUT2D eigenvalue weighted by molar-refractivity contribution is 6.01. The predicted octanol–water partition coefficient (Wildman–Crippen LogP) is 2.90. The molecule has 0 aliphatic heterocycles. The molecule has 0 unspecified atom stereocenters. The lowest BCUT2D eigenvalue weighted by molar-refractivity contribution is 0.0996. The van der Waals surface area contributed by atoms with E-state index in [0.29, 0.717) is 11.7 Å². The maximum absolute atomic E-state index is 12.0. The van der Waals surface area contributed by atoms with Gasteiger partial charge in [0.05, 0.1) is 7.11 Å². The Balaban J connectivity index is 1.76. The van der Waals surface area contributed by atoms with E-state index >= 15 is 0 Å². The Morgan fingerprint density at radius 2 is 1.95 bits per heavy atom. The predicted molar refractivity (Wildman–Crippen MR) is 77.7 cm³/mol. The summed E-state index contributed by atoms with van der Waals surface area (Å²) < 4.78 is 15.4. The van der Waals surface area contributed by atoms with Gasteiger partial charge in [0.1, 0.15) is 11.5 Å². The monoisotopic (exact) mass is 299 g/mol. The Morgan fingerprint density at radius 3 is 2.59 bits per heavy atom. The van der Waals surface area contributed by atoms with Gasteiger partial charge in [0, 0.05) is 12.5 Å². The van der Waals surface area contributed by atoms with E-state index in [0.717, 1.165) is 11.3 Å². The first-order chi connectivity index (χ1) is 10.7. The summed E-state index contributed by atoms with van der Waals surface area (Å²) in [6.07, 6.45) is 0. The van der Waals surface area contributed by atoms with Gasteiger partial charge in [-0.3, -0.25) is 10.1 Å². The molecular formula is C15H13N3O4. The van der Waals surface area contributed by atoms with Crippen molar-refractivity contribution in [1.29, 1.82) is 0 Å². The van der Waals surface area contributed by atoms with Crippen LogP contribution in [0.3, 0.4) is 0 Å². The summed E-state index contributed by atoms with van der Waals surface area (Å²) >= 11 is 0. The maximum atomic E-state index is 12.0. The number of hydrogen-bond donors (Lipinski definition) is 1. The highest BCUT2D eigenvalue weighted by atomic mass is 16.5. The number of methoxy groups -OCH3 is 1. The molecule has 7 nitrogen and oxygen atoms in total. The quantitative estimate of drug-likeness (QED) is 0.796. The van der Waals surface area contributed by atoms with E-state index < -0.39 is 5.91 Å². The van der Waals surface area contributed by atoms with Crippen molar-refractivity contribution in [2.75, 3.05) is 12.4 Å². The molecule has 0 bridgehead atoms. The van der Waals surface area contributed by atoms with Gasteiger partial charge in [-0.1, -0.05) is 0 Å². The Kier molecular flexibility index (Phi) is 3.61. The van der Waals surface area contributed by atoms with Gasteiger partial charge < -0.3 is 13.7 Å². The van der Waals surface area contributed by atoms with Crippen LogP contribution in [0, 0.1) is 6.92 Å². The summed E-state index contributed by atoms with van der Waals surface area (Å²) in [7, 11) is 1.60. The van der Waals surface area contributed by atoms with Gasteiger partial charge in [-0.25, -0.2) is 0 Å². The molecule has 2 heterocycles. The first-order valence-electron chi connectivity index (χ1n) is 6.51. The van der Waals surface area contributed by atoms with Crippen LogP contribution in [0.15, 0.2) is 45.3 Å². The van der Waals surface area contributed by atoms with Crippen LogP contribution in [0.1, 0.15) is 16.4 Å². The van der Waals surface area contributed by atoms with Crippen molar-refractivity contribution in [2.45, 2.75) is 6.92 Å². The van der Waals surface area contributed by atoms with E-state index in [-0.39, 0.29) is 11.7 Å². The number of rotatable bonds is 4. The van der Waals surface area contributed by atoms with Crippen molar-refractivity contribution in [1.82, 2.24) is 10.1 Å². The number of hydrogen-bond acceptors (Lipinski definition) is 6. The number of ether oxygens (including phenoxy) is 1. The molecular weight excluding hydrogens is 286 g/mol. The molecule has 0 saturated heterocycles. The number of furan rings is 1. The first kappa shape index (κ1) is 13.9. The number of nitrogens with zero attached hydrogens (tertiary/aromatic N) is 2.